The molecule has 0 bridgehead atoms. The van der Waals surface area contributed by atoms with Crippen molar-refractivity contribution in [3.8, 4) is 5.75 Å². The predicted octanol–water partition coefficient (Wildman–Crippen LogP) is 2.30. The Morgan fingerprint density at radius 1 is 1.58 bits per heavy atom. The molecule has 0 radical (unpaired) electrons. The minimum atomic E-state index is -0.723. The first-order chi connectivity index (χ1) is 5.57. The summed E-state index contributed by atoms with van der Waals surface area (Å²) in [5.74, 6) is -1.22. The predicted molar refractivity (Wildman–Crippen MR) is 47.1 cm³/mol. The number of hydrogen-bond donors (Lipinski definition) is 1. The fraction of sp³-hybridized carbons (Fsp3) is 0.167. The number of aromatic hydroxyl groups is 1. The molecule has 1 heterocycles. The lowest BCUT2D eigenvalue weighted by molar-refractivity contribution is 0.0559. The molecule has 1 rings (SSSR count). The van der Waals surface area contributed by atoms with Crippen LogP contribution in [0.3, 0.4) is 0 Å². The molecule has 0 aliphatic rings. The molecule has 0 amide bonds. The Morgan fingerprint density at radius 2 is 2.17 bits per heavy atom. The Kier molecular flexibility index (Phi) is 2.79. The van der Waals surface area contributed by atoms with Gasteiger partial charge in [-0.15, -0.1) is 0 Å². The highest BCUT2D eigenvalue weighted by atomic mass is 79.9. The summed E-state index contributed by atoms with van der Waals surface area (Å²) in [6.45, 7) is 0. The van der Waals surface area contributed by atoms with Crippen molar-refractivity contribution in [1.29, 1.82) is 0 Å². The number of ether oxygens (including phenoxy) is 1. The summed E-state index contributed by atoms with van der Waals surface area (Å²) in [5.41, 5.74) is 0. The summed E-state index contributed by atoms with van der Waals surface area (Å²) in [6, 6.07) is 0. The Bertz CT molecular complexity index is 318. The minimum Gasteiger partial charge on any atom is -0.503 e. The topological polar surface area (TPSA) is 59.7 Å². The van der Waals surface area contributed by atoms with E-state index in [2.05, 4.69) is 36.6 Å². The van der Waals surface area contributed by atoms with Crippen molar-refractivity contribution in [2.24, 2.45) is 0 Å². The van der Waals surface area contributed by atoms with Gasteiger partial charge in [-0.2, -0.15) is 0 Å². The molecule has 0 spiro atoms. The van der Waals surface area contributed by atoms with Crippen molar-refractivity contribution >= 4 is 37.8 Å². The van der Waals surface area contributed by atoms with Crippen LogP contribution < -0.4 is 0 Å². The van der Waals surface area contributed by atoms with E-state index in [0.717, 1.165) is 0 Å². The molecule has 1 N–H and O–H groups in total. The maximum Gasteiger partial charge on any atom is 0.378 e. The maximum absolute atomic E-state index is 10.9. The molecular weight excluding hydrogens is 296 g/mol. The summed E-state index contributed by atoms with van der Waals surface area (Å²) in [7, 11) is 1.20. The quantitative estimate of drug-likeness (QED) is 0.808. The molecular formula is C6H4Br2O4. The zero-order valence-electron chi connectivity index (χ0n) is 5.93. The number of carbonyl (C=O) groups is 1. The van der Waals surface area contributed by atoms with Crippen LogP contribution in [0.4, 0.5) is 0 Å². The van der Waals surface area contributed by atoms with Crippen molar-refractivity contribution in [3.63, 3.8) is 0 Å². The molecule has 0 aliphatic heterocycles. The molecule has 0 fully saturated rings. The summed E-state index contributed by atoms with van der Waals surface area (Å²) in [5, 5.41) is 9.25. The summed E-state index contributed by atoms with van der Waals surface area (Å²) >= 11 is 5.98. The number of esters is 1. The van der Waals surface area contributed by atoms with Gasteiger partial charge in [0.1, 0.15) is 4.47 Å². The molecule has 1 aromatic heterocycles. The molecule has 0 aliphatic carbocycles. The monoisotopic (exact) mass is 298 g/mol. The smallest absolute Gasteiger partial charge is 0.378 e. The average molecular weight is 300 g/mol. The number of furan rings is 1. The molecule has 0 atom stereocenters. The Balaban J connectivity index is 3.17. The number of carbonyl (C=O) groups excluding carboxylic acids is 1. The second kappa shape index (κ2) is 3.49. The Hall–Kier alpha value is -0.490. The standard InChI is InChI=1S/C6H4Br2O4/c1-11-6(10)4-3(9)2(7)5(8)12-4/h9H,1H3. The number of halogens is 2. The highest BCUT2D eigenvalue weighted by Crippen LogP contribution is 2.37. The van der Waals surface area contributed by atoms with Gasteiger partial charge in [-0.3, -0.25) is 0 Å². The fourth-order valence-corrected chi connectivity index (χ4v) is 1.22. The molecule has 0 aromatic carbocycles. The molecule has 1 aromatic rings. The number of rotatable bonds is 1. The van der Waals surface area contributed by atoms with Crippen LogP contribution in [0.1, 0.15) is 10.6 Å². The highest BCUT2D eigenvalue weighted by Gasteiger charge is 2.22. The largest absolute Gasteiger partial charge is 0.503 e. The van der Waals surface area contributed by atoms with Crippen LogP contribution in [-0.4, -0.2) is 18.2 Å². The van der Waals surface area contributed by atoms with Crippen LogP contribution in [-0.2, 0) is 4.74 Å². The molecule has 6 heteroatoms. The summed E-state index contributed by atoms with van der Waals surface area (Å²) in [4.78, 5) is 10.9. The van der Waals surface area contributed by atoms with Crippen LogP contribution in [0.2, 0.25) is 0 Å². The SMILES string of the molecule is COC(=O)c1oc(Br)c(Br)c1O. The van der Waals surface area contributed by atoms with Crippen molar-refractivity contribution < 1.29 is 19.1 Å². The molecule has 12 heavy (non-hydrogen) atoms. The lowest BCUT2D eigenvalue weighted by atomic mass is 10.4. The summed E-state index contributed by atoms with van der Waals surface area (Å²) < 4.78 is 9.74. The highest BCUT2D eigenvalue weighted by molar-refractivity contribution is 9.13. The fourth-order valence-electron chi connectivity index (χ4n) is 0.607. The lowest BCUT2D eigenvalue weighted by Crippen LogP contribution is -1.98. The van der Waals surface area contributed by atoms with Crippen LogP contribution in [0.15, 0.2) is 13.6 Å². The second-order valence-electron chi connectivity index (χ2n) is 1.86. The third-order valence-electron chi connectivity index (χ3n) is 1.16. The van der Waals surface area contributed by atoms with Gasteiger partial charge in [-0.1, -0.05) is 0 Å². The van der Waals surface area contributed by atoms with Crippen LogP contribution in [0.25, 0.3) is 0 Å². The number of methoxy groups -OCH3 is 1. The van der Waals surface area contributed by atoms with E-state index >= 15 is 0 Å². The van der Waals surface area contributed by atoms with E-state index in [4.69, 9.17) is 4.42 Å². The van der Waals surface area contributed by atoms with E-state index in [1.54, 1.807) is 0 Å². The third-order valence-corrected chi connectivity index (χ3v) is 2.98. The first-order valence-electron chi connectivity index (χ1n) is 2.83. The normalized spacial score (nSPS) is 9.92. The van der Waals surface area contributed by atoms with Gasteiger partial charge in [-0.25, -0.2) is 4.79 Å². The van der Waals surface area contributed by atoms with Gasteiger partial charge in [0.05, 0.1) is 7.11 Å². The van der Waals surface area contributed by atoms with Crippen molar-refractivity contribution in [2.75, 3.05) is 7.11 Å². The zero-order chi connectivity index (χ0) is 9.30. The molecule has 4 nitrogen and oxygen atoms in total. The van der Waals surface area contributed by atoms with E-state index in [1.807, 2.05) is 0 Å². The first kappa shape index (κ1) is 9.60. The van der Waals surface area contributed by atoms with Crippen molar-refractivity contribution in [2.45, 2.75) is 0 Å². The van der Waals surface area contributed by atoms with Gasteiger partial charge in [0.2, 0.25) is 0 Å². The van der Waals surface area contributed by atoms with Gasteiger partial charge in [0, 0.05) is 0 Å². The zero-order valence-corrected chi connectivity index (χ0v) is 9.10. The Morgan fingerprint density at radius 3 is 2.50 bits per heavy atom. The van der Waals surface area contributed by atoms with E-state index < -0.39 is 5.97 Å². The number of hydrogen-bond acceptors (Lipinski definition) is 4. The molecule has 66 valence electrons. The average Bonchev–Trinajstić information content (AvgIpc) is 2.32. The van der Waals surface area contributed by atoms with Crippen molar-refractivity contribution in [1.82, 2.24) is 0 Å². The molecule has 0 saturated heterocycles. The van der Waals surface area contributed by atoms with Gasteiger partial charge in [0.25, 0.3) is 5.76 Å². The maximum atomic E-state index is 10.9. The van der Waals surface area contributed by atoms with Crippen LogP contribution >= 0.6 is 31.9 Å². The molecule has 0 saturated carbocycles. The van der Waals surface area contributed by atoms with Gasteiger partial charge in [-0.05, 0) is 31.9 Å². The van der Waals surface area contributed by atoms with E-state index in [0.29, 0.717) is 4.47 Å². The van der Waals surface area contributed by atoms with Crippen LogP contribution in [0, 0.1) is 0 Å². The lowest BCUT2D eigenvalue weighted by Gasteiger charge is -1.92. The molecule has 0 unspecified atom stereocenters. The summed E-state index contributed by atoms with van der Waals surface area (Å²) in [6.07, 6.45) is 0. The van der Waals surface area contributed by atoms with Crippen molar-refractivity contribution in [3.05, 3.63) is 14.9 Å². The van der Waals surface area contributed by atoms with E-state index in [1.165, 1.54) is 7.11 Å². The van der Waals surface area contributed by atoms with E-state index in [-0.39, 0.29) is 16.2 Å². The first-order valence-corrected chi connectivity index (χ1v) is 4.41. The second-order valence-corrected chi connectivity index (χ2v) is 3.37. The van der Waals surface area contributed by atoms with E-state index in [9.17, 15) is 9.90 Å². The Labute approximate surface area is 84.8 Å². The minimum absolute atomic E-state index is 0.226. The van der Waals surface area contributed by atoms with Crippen LogP contribution in [0.5, 0.6) is 5.75 Å². The van der Waals surface area contributed by atoms with Gasteiger partial charge >= 0.3 is 5.97 Å². The van der Waals surface area contributed by atoms with Gasteiger partial charge in [0.15, 0.2) is 10.4 Å². The third kappa shape index (κ3) is 1.49. The van der Waals surface area contributed by atoms with Gasteiger partial charge < -0.3 is 14.3 Å².